The molecule has 0 fully saturated rings. The smallest absolute Gasteiger partial charge is 0.315 e. The van der Waals surface area contributed by atoms with E-state index in [1.165, 1.54) is 10.5 Å². The first-order valence-electron chi connectivity index (χ1n) is 7.04. The van der Waals surface area contributed by atoms with E-state index in [9.17, 15) is 9.59 Å². The molecule has 1 rings (SSSR count). The Balaban J connectivity index is 2.60. The quantitative estimate of drug-likeness (QED) is 0.890. The summed E-state index contributed by atoms with van der Waals surface area (Å²) in [5, 5.41) is 5.44. The largest absolute Gasteiger partial charge is 0.347 e. The van der Waals surface area contributed by atoms with Crippen LogP contribution >= 0.6 is 0 Å². The van der Waals surface area contributed by atoms with Crippen LogP contribution in [-0.4, -0.2) is 37.0 Å². The van der Waals surface area contributed by atoms with Crippen molar-refractivity contribution >= 4 is 11.9 Å². The van der Waals surface area contributed by atoms with Gasteiger partial charge in [0.05, 0.1) is 0 Å². The number of nitrogens with one attached hydrogen (secondary N) is 2. The monoisotopic (exact) mass is 291 g/mol. The Morgan fingerprint density at radius 1 is 1.14 bits per heavy atom. The molecule has 3 amide bonds. The SMILES string of the molecule is Cc1cc(C)c(CNC(=O)N[C@@H](C)C(=O)N(C)C)c(C)c1. The van der Waals surface area contributed by atoms with Crippen molar-refractivity contribution < 1.29 is 9.59 Å². The number of nitrogens with zero attached hydrogens (tertiary/aromatic N) is 1. The van der Waals surface area contributed by atoms with Crippen molar-refractivity contribution in [2.75, 3.05) is 14.1 Å². The van der Waals surface area contributed by atoms with Crippen molar-refractivity contribution in [3.05, 3.63) is 34.4 Å². The van der Waals surface area contributed by atoms with Gasteiger partial charge in [0.15, 0.2) is 0 Å². The van der Waals surface area contributed by atoms with Crippen molar-refractivity contribution in [2.24, 2.45) is 0 Å². The number of hydrogen-bond donors (Lipinski definition) is 2. The summed E-state index contributed by atoms with van der Waals surface area (Å²) in [6, 6.07) is 3.32. The van der Waals surface area contributed by atoms with Crippen LogP contribution in [0, 0.1) is 20.8 Å². The highest BCUT2D eigenvalue weighted by Crippen LogP contribution is 2.15. The Morgan fingerprint density at radius 3 is 2.14 bits per heavy atom. The molecule has 0 aromatic heterocycles. The molecular weight excluding hydrogens is 266 g/mol. The van der Waals surface area contributed by atoms with E-state index in [2.05, 4.69) is 29.7 Å². The van der Waals surface area contributed by atoms with Gasteiger partial charge in [-0.15, -0.1) is 0 Å². The third kappa shape index (κ3) is 4.77. The molecule has 5 nitrogen and oxygen atoms in total. The summed E-state index contributed by atoms with van der Waals surface area (Å²) < 4.78 is 0. The van der Waals surface area contributed by atoms with Gasteiger partial charge in [0.1, 0.15) is 6.04 Å². The Bertz CT molecular complexity index is 515. The number of urea groups is 1. The molecule has 0 aliphatic carbocycles. The predicted octanol–water partition coefficient (Wildman–Crippen LogP) is 1.89. The number of hydrogen-bond acceptors (Lipinski definition) is 2. The Kier molecular flexibility index (Phi) is 5.76. The zero-order chi connectivity index (χ0) is 16.2. The van der Waals surface area contributed by atoms with Gasteiger partial charge in [0.2, 0.25) is 5.91 Å². The Morgan fingerprint density at radius 2 is 1.67 bits per heavy atom. The highest BCUT2D eigenvalue weighted by atomic mass is 16.2. The predicted molar refractivity (Wildman–Crippen MR) is 84.2 cm³/mol. The first-order valence-corrected chi connectivity index (χ1v) is 7.04. The standard InChI is InChI=1S/C16H25N3O2/c1-10-7-11(2)14(12(3)8-10)9-17-16(21)18-13(4)15(20)19(5)6/h7-8,13H,9H2,1-6H3,(H2,17,18,21)/t13-/m0/s1. The lowest BCUT2D eigenvalue weighted by Gasteiger charge is -2.19. The molecular formula is C16H25N3O2. The van der Waals surface area contributed by atoms with Crippen LogP contribution in [-0.2, 0) is 11.3 Å². The second-order valence-corrected chi connectivity index (χ2v) is 5.66. The molecule has 0 aliphatic heterocycles. The lowest BCUT2D eigenvalue weighted by Crippen LogP contribution is -2.47. The summed E-state index contributed by atoms with van der Waals surface area (Å²) in [5.41, 5.74) is 4.64. The van der Waals surface area contributed by atoms with Gasteiger partial charge in [-0.05, 0) is 44.4 Å². The van der Waals surface area contributed by atoms with Gasteiger partial charge in [-0.3, -0.25) is 4.79 Å². The highest BCUT2D eigenvalue weighted by molar-refractivity contribution is 5.86. The molecule has 1 atom stereocenters. The van der Waals surface area contributed by atoms with Gasteiger partial charge >= 0.3 is 6.03 Å². The summed E-state index contributed by atoms with van der Waals surface area (Å²) in [7, 11) is 3.33. The molecule has 0 bridgehead atoms. The summed E-state index contributed by atoms with van der Waals surface area (Å²) in [6.45, 7) is 8.25. The van der Waals surface area contributed by atoms with Gasteiger partial charge in [-0.2, -0.15) is 0 Å². The third-order valence-electron chi connectivity index (χ3n) is 3.42. The lowest BCUT2D eigenvalue weighted by atomic mass is 10.00. The van der Waals surface area contributed by atoms with E-state index in [1.807, 2.05) is 13.8 Å². The Hall–Kier alpha value is -2.04. The summed E-state index contributed by atoms with van der Waals surface area (Å²) in [6.07, 6.45) is 0. The van der Waals surface area contributed by atoms with E-state index < -0.39 is 6.04 Å². The fourth-order valence-corrected chi connectivity index (χ4v) is 2.35. The second kappa shape index (κ2) is 7.11. The molecule has 0 spiro atoms. The van der Waals surface area contributed by atoms with E-state index in [1.54, 1.807) is 21.0 Å². The van der Waals surface area contributed by atoms with Crippen LogP contribution in [0.5, 0.6) is 0 Å². The van der Waals surface area contributed by atoms with Crippen LogP contribution < -0.4 is 10.6 Å². The minimum Gasteiger partial charge on any atom is -0.347 e. The molecule has 116 valence electrons. The van der Waals surface area contributed by atoms with Crippen molar-refractivity contribution in [3.8, 4) is 0 Å². The maximum Gasteiger partial charge on any atom is 0.315 e. The number of amides is 3. The van der Waals surface area contributed by atoms with Gasteiger partial charge in [-0.25, -0.2) is 4.79 Å². The van der Waals surface area contributed by atoms with Crippen molar-refractivity contribution in [1.82, 2.24) is 15.5 Å². The average Bonchev–Trinajstić information content (AvgIpc) is 2.36. The molecule has 0 heterocycles. The highest BCUT2D eigenvalue weighted by Gasteiger charge is 2.17. The van der Waals surface area contributed by atoms with Gasteiger partial charge < -0.3 is 15.5 Å². The van der Waals surface area contributed by atoms with Crippen LogP contribution in [0.2, 0.25) is 0 Å². The second-order valence-electron chi connectivity index (χ2n) is 5.66. The fourth-order valence-electron chi connectivity index (χ4n) is 2.35. The van der Waals surface area contributed by atoms with Crippen LogP contribution in [0.4, 0.5) is 4.79 Å². The first kappa shape index (κ1) is 17.0. The fraction of sp³-hybridized carbons (Fsp3) is 0.500. The molecule has 2 N–H and O–H groups in total. The number of rotatable bonds is 4. The molecule has 21 heavy (non-hydrogen) atoms. The number of carbonyl (C=O) groups excluding carboxylic acids is 2. The zero-order valence-corrected chi connectivity index (χ0v) is 13.7. The number of aryl methyl sites for hydroxylation is 3. The van der Waals surface area contributed by atoms with Crippen molar-refractivity contribution in [3.63, 3.8) is 0 Å². The van der Waals surface area contributed by atoms with Gasteiger partial charge in [-0.1, -0.05) is 17.7 Å². The molecule has 0 radical (unpaired) electrons. The zero-order valence-electron chi connectivity index (χ0n) is 13.7. The van der Waals surface area contributed by atoms with Crippen LogP contribution in [0.3, 0.4) is 0 Å². The number of likely N-dealkylation sites (N-methyl/N-ethyl adjacent to an activating group) is 1. The van der Waals surface area contributed by atoms with Crippen LogP contribution in [0.15, 0.2) is 12.1 Å². The first-order chi connectivity index (χ1) is 9.72. The van der Waals surface area contributed by atoms with Crippen LogP contribution in [0.25, 0.3) is 0 Å². The molecule has 5 heteroatoms. The maximum atomic E-state index is 11.9. The normalized spacial score (nSPS) is 11.7. The molecule has 0 aliphatic rings. The van der Waals surface area contributed by atoms with E-state index in [4.69, 9.17) is 0 Å². The minimum atomic E-state index is -0.541. The number of carbonyl (C=O) groups is 2. The van der Waals surface area contributed by atoms with Crippen molar-refractivity contribution in [2.45, 2.75) is 40.3 Å². The third-order valence-corrected chi connectivity index (χ3v) is 3.42. The van der Waals surface area contributed by atoms with Gasteiger partial charge in [0.25, 0.3) is 0 Å². The van der Waals surface area contributed by atoms with Crippen molar-refractivity contribution in [1.29, 1.82) is 0 Å². The van der Waals surface area contributed by atoms with E-state index in [-0.39, 0.29) is 11.9 Å². The topological polar surface area (TPSA) is 61.4 Å². The molecule has 0 saturated carbocycles. The summed E-state index contributed by atoms with van der Waals surface area (Å²) >= 11 is 0. The van der Waals surface area contributed by atoms with Crippen LogP contribution in [0.1, 0.15) is 29.2 Å². The molecule has 1 aromatic rings. The van der Waals surface area contributed by atoms with Gasteiger partial charge in [0, 0.05) is 20.6 Å². The summed E-state index contributed by atoms with van der Waals surface area (Å²) in [5.74, 6) is -0.132. The molecule has 1 aromatic carbocycles. The Labute approximate surface area is 126 Å². The molecule has 0 unspecified atom stereocenters. The van der Waals surface area contributed by atoms with E-state index >= 15 is 0 Å². The molecule has 0 saturated heterocycles. The van der Waals surface area contributed by atoms with E-state index in [0.717, 1.165) is 16.7 Å². The maximum absolute atomic E-state index is 11.9. The minimum absolute atomic E-state index is 0.132. The lowest BCUT2D eigenvalue weighted by molar-refractivity contribution is -0.130. The average molecular weight is 291 g/mol. The summed E-state index contributed by atoms with van der Waals surface area (Å²) in [4.78, 5) is 25.0. The number of benzene rings is 1. The van der Waals surface area contributed by atoms with E-state index in [0.29, 0.717) is 6.54 Å².